The Morgan fingerprint density at radius 2 is 1.67 bits per heavy atom. The number of anilines is 1. The van der Waals surface area contributed by atoms with E-state index in [2.05, 4.69) is 15.3 Å². The van der Waals surface area contributed by atoms with Gasteiger partial charge in [-0.2, -0.15) is 0 Å². The second-order valence-corrected chi connectivity index (χ2v) is 9.85. The Labute approximate surface area is 245 Å². The SMILES string of the molecule is COc1cc2nccc(Oc3ccc(NC(=O)c4c(C)n(C)c(C)c(-c5ccc(F)cc5C)c4=O)cc3F)c2nc1OC. The molecule has 0 aliphatic carbocycles. The van der Waals surface area contributed by atoms with Gasteiger partial charge in [0, 0.05) is 54.1 Å². The molecule has 3 aromatic heterocycles. The highest BCUT2D eigenvalue weighted by Gasteiger charge is 2.23. The van der Waals surface area contributed by atoms with Crippen LogP contribution in [0.5, 0.6) is 23.1 Å². The van der Waals surface area contributed by atoms with Gasteiger partial charge in [-0.25, -0.2) is 13.8 Å². The first-order valence-electron chi connectivity index (χ1n) is 13.2. The highest BCUT2D eigenvalue weighted by atomic mass is 19.1. The molecule has 0 saturated carbocycles. The number of nitrogens with one attached hydrogen (secondary N) is 1. The first-order valence-corrected chi connectivity index (χ1v) is 13.2. The van der Waals surface area contributed by atoms with Crippen molar-refractivity contribution in [1.29, 1.82) is 0 Å². The van der Waals surface area contributed by atoms with Crippen molar-refractivity contribution < 1.29 is 27.8 Å². The topological polar surface area (TPSA) is 105 Å². The monoisotopic (exact) mass is 586 g/mol. The second-order valence-electron chi connectivity index (χ2n) is 9.85. The number of carbonyl (C=O) groups is 1. The predicted molar refractivity (Wildman–Crippen MR) is 158 cm³/mol. The van der Waals surface area contributed by atoms with Crippen LogP contribution >= 0.6 is 0 Å². The minimum absolute atomic E-state index is 0.105. The summed E-state index contributed by atoms with van der Waals surface area (Å²) >= 11 is 0. The molecule has 0 aliphatic heterocycles. The van der Waals surface area contributed by atoms with Crippen LogP contribution in [0.1, 0.15) is 27.3 Å². The van der Waals surface area contributed by atoms with Crippen molar-refractivity contribution >= 4 is 22.6 Å². The summed E-state index contributed by atoms with van der Waals surface area (Å²) in [5, 5.41) is 2.62. The van der Waals surface area contributed by atoms with E-state index in [-0.39, 0.29) is 34.2 Å². The number of hydrogen-bond donors (Lipinski definition) is 1. The Kier molecular flexibility index (Phi) is 7.81. The second kappa shape index (κ2) is 11.5. The summed E-state index contributed by atoms with van der Waals surface area (Å²) in [4.78, 5) is 35.7. The number of methoxy groups -OCH3 is 2. The number of ether oxygens (including phenoxy) is 3. The number of aryl methyl sites for hydroxylation is 1. The van der Waals surface area contributed by atoms with Crippen LogP contribution in [0.2, 0.25) is 0 Å². The number of rotatable bonds is 7. The van der Waals surface area contributed by atoms with Crippen molar-refractivity contribution in [2.75, 3.05) is 19.5 Å². The van der Waals surface area contributed by atoms with Gasteiger partial charge in [0.25, 0.3) is 11.8 Å². The predicted octanol–water partition coefficient (Wildman–Crippen LogP) is 6.26. The van der Waals surface area contributed by atoms with E-state index >= 15 is 4.39 Å². The molecular formula is C32H28F2N4O5. The summed E-state index contributed by atoms with van der Waals surface area (Å²) in [7, 11) is 4.65. The first kappa shape index (κ1) is 29.2. The summed E-state index contributed by atoms with van der Waals surface area (Å²) in [5.41, 5.74) is 2.69. The lowest BCUT2D eigenvalue weighted by atomic mass is 9.95. The molecule has 11 heteroatoms. The zero-order valence-electron chi connectivity index (χ0n) is 24.3. The summed E-state index contributed by atoms with van der Waals surface area (Å²) in [6, 6.07) is 11.2. The largest absolute Gasteiger partial charge is 0.491 e. The van der Waals surface area contributed by atoms with Crippen molar-refractivity contribution in [3.8, 4) is 34.3 Å². The van der Waals surface area contributed by atoms with Crippen LogP contribution < -0.4 is 25.0 Å². The Hall–Kier alpha value is -5.32. The number of fused-ring (bicyclic) bond motifs is 1. The van der Waals surface area contributed by atoms with Gasteiger partial charge in [-0.1, -0.05) is 6.07 Å². The number of halogens is 2. The number of hydrogen-bond acceptors (Lipinski definition) is 7. The minimum atomic E-state index is -0.764. The molecule has 1 amide bonds. The molecule has 0 aliphatic rings. The molecule has 0 spiro atoms. The number of benzene rings is 2. The summed E-state index contributed by atoms with van der Waals surface area (Å²) in [6.45, 7) is 5.11. The van der Waals surface area contributed by atoms with Crippen LogP contribution in [0, 0.1) is 32.4 Å². The highest BCUT2D eigenvalue weighted by Crippen LogP contribution is 2.35. The minimum Gasteiger partial charge on any atom is -0.491 e. The van der Waals surface area contributed by atoms with E-state index in [1.54, 1.807) is 38.5 Å². The lowest BCUT2D eigenvalue weighted by molar-refractivity contribution is 0.102. The molecular weight excluding hydrogens is 558 g/mol. The molecule has 5 rings (SSSR count). The average Bonchev–Trinajstić information content (AvgIpc) is 2.98. The van der Waals surface area contributed by atoms with Gasteiger partial charge < -0.3 is 24.1 Å². The molecule has 0 fully saturated rings. The molecule has 43 heavy (non-hydrogen) atoms. The van der Waals surface area contributed by atoms with Gasteiger partial charge in [0.2, 0.25) is 5.43 Å². The van der Waals surface area contributed by atoms with Crippen molar-refractivity contribution in [1.82, 2.24) is 14.5 Å². The van der Waals surface area contributed by atoms with Crippen LogP contribution in [-0.4, -0.2) is 34.7 Å². The summed E-state index contributed by atoms with van der Waals surface area (Å²) < 4.78 is 47.1. The Balaban J connectivity index is 1.46. The number of amides is 1. The number of pyridine rings is 3. The van der Waals surface area contributed by atoms with E-state index < -0.39 is 23.0 Å². The fraction of sp³-hybridized carbons (Fsp3) is 0.188. The number of carbonyl (C=O) groups excluding carboxylic acids is 1. The molecule has 1 N–H and O–H groups in total. The standard InChI is InChI=1S/C32H28F2N4O5/c1-16-13-19(33)7-9-21(16)27-17(2)38(4)18(3)28(30(27)39)31(40)36-20-8-10-24(22(34)14-20)43-25-11-12-35-23-15-26(41-5)32(42-6)37-29(23)25/h7-15H,1-6H3,(H,36,40). The fourth-order valence-corrected chi connectivity index (χ4v) is 4.89. The van der Waals surface area contributed by atoms with Crippen molar-refractivity contribution in [3.63, 3.8) is 0 Å². The molecule has 0 atom stereocenters. The Morgan fingerprint density at radius 3 is 2.35 bits per heavy atom. The van der Waals surface area contributed by atoms with E-state index in [0.717, 1.165) is 6.07 Å². The van der Waals surface area contributed by atoms with Crippen molar-refractivity contribution in [3.05, 3.63) is 99.1 Å². The molecule has 0 saturated heterocycles. The third-order valence-corrected chi connectivity index (χ3v) is 7.30. The normalized spacial score (nSPS) is 11.0. The van der Waals surface area contributed by atoms with Gasteiger partial charge in [0.1, 0.15) is 16.9 Å². The van der Waals surface area contributed by atoms with E-state index in [9.17, 15) is 14.0 Å². The van der Waals surface area contributed by atoms with Crippen LogP contribution in [0.4, 0.5) is 14.5 Å². The molecule has 3 heterocycles. The molecule has 220 valence electrons. The zero-order chi connectivity index (χ0) is 31.0. The molecule has 9 nitrogen and oxygen atoms in total. The highest BCUT2D eigenvalue weighted by molar-refractivity contribution is 6.05. The molecule has 0 radical (unpaired) electrons. The third kappa shape index (κ3) is 5.36. The average molecular weight is 587 g/mol. The third-order valence-electron chi connectivity index (χ3n) is 7.30. The van der Waals surface area contributed by atoms with E-state index in [4.69, 9.17) is 14.2 Å². The van der Waals surface area contributed by atoms with E-state index in [1.165, 1.54) is 56.8 Å². The van der Waals surface area contributed by atoms with Crippen LogP contribution in [0.3, 0.4) is 0 Å². The van der Waals surface area contributed by atoms with Gasteiger partial charge in [-0.05, 0) is 56.2 Å². The van der Waals surface area contributed by atoms with Gasteiger partial charge in [0.15, 0.2) is 23.1 Å². The molecule has 2 aromatic carbocycles. The Morgan fingerprint density at radius 1 is 0.907 bits per heavy atom. The first-order chi connectivity index (χ1) is 20.5. The smallest absolute Gasteiger partial charge is 0.261 e. The quantitative estimate of drug-likeness (QED) is 0.240. The van der Waals surface area contributed by atoms with Crippen molar-refractivity contribution in [2.24, 2.45) is 7.05 Å². The van der Waals surface area contributed by atoms with Crippen LogP contribution in [0.25, 0.3) is 22.2 Å². The van der Waals surface area contributed by atoms with E-state index in [1.807, 2.05) is 0 Å². The maximum absolute atomic E-state index is 15.2. The molecule has 0 bridgehead atoms. The van der Waals surface area contributed by atoms with Gasteiger partial charge in [-0.15, -0.1) is 0 Å². The Bertz CT molecular complexity index is 1970. The van der Waals surface area contributed by atoms with E-state index in [0.29, 0.717) is 39.3 Å². The van der Waals surface area contributed by atoms with Crippen molar-refractivity contribution in [2.45, 2.75) is 20.8 Å². The van der Waals surface area contributed by atoms with Crippen LogP contribution in [0.15, 0.2) is 59.5 Å². The lowest BCUT2D eigenvalue weighted by Crippen LogP contribution is -2.28. The number of nitrogens with zero attached hydrogens (tertiary/aromatic N) is 3. The van der Waals surface area contributed by atoms with Crippen LogP contribution in [-0.2, 0) is 7.05 Å². The lowest BCUT2D eigenvalue weighted by Gasteiger charge is -2.19. The fourth-order valence-electron chi connectivity index (χ4n) is 4.89. The van der Waals surface area contributed by atoms with Gasteiger partial charge in [0.05, 0.1) is 19.7 Å². The summed E-state index contributed by atoms with van der Waals surface area (Å²) in [5.74, 6) is -1.21. The maximum Gasteiger partial charge on any atom is 0.261 e. The maximum atomic E-state index is 15.2. The summed E-state index contributed by atoms with van der Waals surface area (Å²) in [6.07, 6.45) is 1.49. The molecule has 5 aromatic rings. The number of aromatic nitrogens is 3. The zero-order valence-corrected chi connectivity index (χ0v) is 24.3. The van der Waals surface area contributed by atoms with Gasteiger partial charge >= 0.3 is 0 Å². The molecule has 0 unspecified atom stereocenters. The van der Waals surface area contributed by atoms with Gasteiger partial charge in [-0.3, -0.25) is 14.6 Å².